The van der Waals surface area contributed by atoms with Gasteiger partial charge in [0.2, 0.25) is 5.91 Å². The van der Waals surface area contributed by atoms with Crippen molar-refractivity contribution in [2.24, 2.45) is 0 Å². The van der Waals surface area contributed by atoms with Crippen LogP contribution in [0.2, 0.25) is 0 Å². The van der Waals surface area contributed by atoms with Gasteiger partial charge in [0, 0.05) is 6.54 Å². The van der Waals surface area contributed by atoms with E-state index >= 15 is 0 Å². The van der Waals surface area contributed by atoms with Crippen molar-refractivity contribution in [2.45, 2.75) is 13.0 Å². The third-order valence-electron chi connectivity index (χ3n) is 1.56. The molecule has 1 fully saturated rings. The van der Waals surface area contributed by atoms with Crippen LogP contribution in [0.3, 0.4) is 0 Å². The minimum Gasteiger partial charge on any atom is -0.378 e. The molecule has 0 unspecified atom stereocenters. The van der Waals surface area contributed by atoms with Crippen LogP contribution in [0.1, 0.15) is 6.92 Å². The van der Waals surface area contributed by atoms with Crippen LogP contribution in [-0.2, 0) is 9.53 Å². The Kier molecular flexibility index (Phi) is 3.32. The highest BCUT2D eigenvalue weighted by atomic mass is 16.5. The standard InChI is InChI=1S/C7H14N2O2/c1-2-8-7(10)3-9-6-4-11-5-6/h6,9H,2-5H2,1H3,(H,8,10). The maximum atomic E-state index is 10.9. The van der Waals surface area contributed by atoms with E-state index in [1.54, 1.807) is 0 Å². The molecule has 0 aromatic rings. The van der Waals surface area contributed by atoms with Gasteiger partial charge in [-0.05, 0) is 6.92 Å². The van der Waals surface area contributed by atoms with Crippen LogP contribution in [0.4, 0.5) is 0 Å². The van der Waals surface area contributed by atoms with E-state index < -0.39 is 0 Å². The molecule has 0 saturated carbocycles. The van der Waals surface area contributed by atoms with E-state index in [0.717, 1.165) is 13.2 Å². The zero-order chi connectivity index (χ0) is 8.10. The van der Waals surface area contributed by atoms with Gasteiger partial charge in [-0.1, -0.05) is 0 Å². The summed E-state index contributed by atoms with van der Waals surface area (Å²) < 4.78 is 4.93. The van der Waals surface area contributed by atoms with Crippen LogP contribution in [0.25, 0.3) is 0 Å². The molecule has 0 aromatic carbocycles. The highest BCUT2D eigenvalue weighted by molar-refractivity contribution is 5.77. The van der Waals surface area contributed by atoms with Crippen molar-refractivity contribution >= 4 is 5.91 Å². The summed E-state index contributed by atoms with van der Waals surface area (Å²) in [7, 11) is 0. The molecule has 1 saturated heterocycles. The third-order valence-corrected chi connectivity index (χ3v) is 1.56. The van der Waals surface area contributed by atoms with Gasteiger partial charge in [0.25, 0.3) is 0 Å². The number of carbonyl (C=O) groups is 1. The van der Waals surface area contributed by atoms with Crippen molar-refractivity contribution in [3.63, 3.8) is 0 Å². The molecule has 1 aliphatic rings. The zero-order valence-corrected chi connectivity index (χ0v) is 6.72. The fourth-order valence-electron chi connectivity index (χ4n) is 0.850. The summed E-state index contributed by atoms with van der Waals surface area (Å²) in [4.78, 5) is 10.9. The van der Waals surface area contributed by atoms with Crippen molar-refractivity contribution in [2.75, 3.05) is 26.3 Å². The van der Waals surface area contributed by atoms with Gasteiger partial charge in [-0.25, -0.2) is 0 Å². The summed E-state index contributed by atoms with van der Waals surface area (Å²) in [5, 5.41) is 5.77. The molecule has 11 heavy (non-hydrogen) atoms. The van der Waals surface area contributed by atoms with E-state index in [2.05, 4.69) is 10.6 Å². The SMILES string of the molecule is CCNC(=O)CNC1COC1. The molecule has 1 heterocycles. The Morgan fingerprint density at radius 1 is 1.64 bits per heavy atom. The first-order valence-corrected chi connectivity index (χ1v) is 3.90. The van der Waals surface area contributed by atoms with Crippen molar-refractivity contribution in [3.8, 4) is 0 Å². The Morgan fingerprint density at radius 3 is 2.82 bits per heavy atom. The Labute approximate surface area is 66.3 Å². The topological polar surface area (TPSA) is 50.4 Å². The Hall–Kier alpha value is -0.610. The van der Waals surface area contributed by atoms with Gasteiger partial charge in [-0.15, -0.1) is 0 Å². The van der Waals surface area contributed by atoms with Crippen molar-refractivity contribution in [1.29, 1.82) is 0 Å². The number of hydrogen-bond acceptors (Lipinski definition) is 3. The average Bonchev–Trinajstić information content (AvgIpc) is 1.85. The smallest absolute Gasteiger partial charge is 0.233 e. The minimum atomic E-state index is 0.0550. The molecule has 0 radical (unpaired) electrons. The van der Waals surface area contributed by atoms with Crippen molar-refractivity contribution < 1.29 is 9.53 Å². The largest absolute Gasteiger partial charge is 0.378 e. The summed E-state index contributed by atoms with van der Waals surface area (Å²) in [6.07, 6.45) is 0. The predicted octanol–water partition coefficient (Wildman–Crippen LogP) is -0.889. The molecule has 0 aromatic heterocycles. The van der Waals surface area contributed by atoms with Crippen LogP contribution in [-0.4, -0.2) is 38.3 Å². The average molecular weight is 158 g/mol. The minimum absolute atomic E-state index is 0.0550. The predicted molar refractivity (Wildman–Crippen MR) is 41.3 cm³/mol. The van der Waals surface area contributed by atoms with Crippen LogP contribution in [0.5, 0.6) is 0 Å². The second-order valence-electron chi connectivity index (χ2n) is 2.57. The lowest BCUT2D eigenvalue weighted by Gasteiger charge is -2.26. The highest BCUT2D eigenvalue weighted by Crippen LogP contribution is 1.97. The van der Waals surface area contributed by atoms with Crippen LogP contribution < -0.4 is 10.6 Å². The fourth-order valence-corrected chi connectivity index (χ4v) is 0.850. The van der Waals surface area contributed by atoms with Crippen LogP contribution in [0, 0.1) is 0 Å². The Bertz CT molecular complexity index is 134. The summed E-state index contributed by atoms with van der Waals surface area (Å²) >= 11 is 0. The fraction of sp³-hybridized carbons (Fsp3) is 0.857. The Morgan fingerprint density at radius 2 is 2.36 bits per heavy atom. The number of amides is 1. The van der Waals surface area contributed by atoms with Gasteiger partial charge >= 0.3 is 0 Å². The normalized spacial score (nSPS) is 17.5. The molecule has 1 aliphatic heterocycles. The second-order valence-corrected chi connectivity index (χ2v) is 2.57. The first kappa shape index (κ1) is 8.49. The van der Waals surface area contributed by atoms with E-state index in [4.69, 9.17) is 4.74 Å². The number of nitrogens with one attached hydrogen (secondary N) is 2. The summed E-state index contributed by atoms with van der Waals surface area (Å²) in [6.45, 7) is 4.48. The van der Waals surface area contributed by atoms with Crippen molar-refractivity contribution in [3.05, 3.63) is 0 Å². The molecule has 1 rings (SSSR count). The highest BCUT2D eigenvalue weighted by Gasteiger charge is 2.17. The summed E-state index contributed by atoms with van der Waals surface area (Å²) in [6, 6.07) is 0.387. The van der Waals surface area contributed by atoms with Gasteiger partial charge in [-0.2, -0.15) is 0 Å². The van der Waals surface area contributed by atoms with E-state index in [9.17, 15) is 4.79 Å². The van der Waals surface area contributed by atoms with Crippen molar-refractivity contribution in [1.82, 2.24) is 10.6 Å². The van der Waals surface area contributed by atoms with Gasteiger partial charge in [-0.3, -0.25) is 4.79 Å². The molecule has 0 atom stereocenters. The molecular formula is C7H14N2O2. The van der Waals surface area contributed by atoms with Gasteiger partial charge < -0.3 is 15.4 Å². The molecule has 0 aliphatic carbocycles. The lowest BCUT2D eigenvalue weighted by Crippen LogP contribution is -2.49. The third kappa shape index (κ3) is 2.86. The quantitative estimate of drug-likeness (QED) is 0.558. The van der Waals surface area contributed by atoms with Gasteiger partial charge in [0.15, 0.2) is 0 Å². The van der Waals surface area contributed by atoms with Gasteiger partial charge in [0.05, 0.1) is 25.8 Å². The van der Waals surface area contributed by atoms with Gasteiger partial charge in [0.1, 0.15) is 0 Å². The lowest BCUT2D eigenvalue weighted by atomic mass is 10.2. The van der Waals surface area contributed by atoms with Crippen LogP contribution in [0.15, 0.2) is 0 Å². The summed E-state index contributed by atoms with van der Waals surface area (Å²) in [5.74, 6) is 0.0550. The maximum Gasteiger partial charge on any atom is 0.233 e. The number of ether oxygens (including phenoxy) is 1. The molecule has 0 bridgehead atoms. The van der Waals surface area contributed by atoms with E-state index in [1.807, 2.05) is 6.92 Å². The van der Waals surface area contributed by atoms with E-state index in [0.29, 0.717) is 19.1 Å². The van der Waals surface area contributed by atoms with Crippen LogP contribution >= 0.6 is 0 Å². The Balaban J connectivity index is 1.96. The number of carbonyl (C=O) groups excluding carboxylic acids is 1. The van der Waals surface area contributed by atoms with E-state index in [1.165, 1.54) is 0 Å². The molecule has 64 valence electrons. The van der Waals surface area contributed by atoms with E-state index in [-0.39, 0.29) is 5.91 Å². The molecule has 4 heteroatoms. The second kappa shape index (κ2) is 4.31. The number of hydrogen-bond donors (Lipinski definition) is 2. The zero-order valence-electron chi connectivity index (χ0n) is 6.72. The molecular weight excluding hydrogens is 144 g/mol. The monoisotopic (exact) mass is 158 g/mol. The maximum absolute atomic E-state index is 10.9. The molecule has 2 N–H and O–H groups in total. The molecule has 0 spiro atoms. The number of likely N-dealkylation sites (N-methyl/N-ethyl adjacent to an activating group) is 1. The molecule has 4 nitrogen and oxygen atoms in total. The first-order valence-electron chi connectivity index (χ1n) is 3.90. The first-order chi connectivity index (χ1) is 5.33. The lowest BCUT2D eigenvalue weighted by molar-refractivity contribution is -0.120. The number of rotatable bonds is 4. The summed E-state index contributed by atoms with van der Waals surface area (Å²) in [5.41, 5.74) is 0. The molecule has 1 amide bonds.